The van der Waals surface area contributed by atoms with Gasteiger partial charge < -0.3 is 16.4 Å². The third kappa shape index (κ3) is 4.60. The third-order valence-corrected chi connectivity index (χ3v) is 3.90. The van der Waals surface area contributed by atoms with Crippen LogP contribution in [-0.4, -0.2) is 24.4 Å². The average molecular weight is 346 g/mol. The van der Waals surface area contributed by atoms with Gasteiger partial charge in [-0.25, -0.2) is 0 Å². The number of anilines is 1. The molecule has 0 spiro atoms. The molecular weight excluding hydrogens is 325 g/mol. The van der Waals surface area contributed by atoms with Crippen molar-refractivity contribution >= 4 is 41.5 Å². The van der Waals surface area contributed by atoms with Crippen molar-refractivity contribution in [3.63, 3.8) is 0 Å². The van der Waals surface area contributed by atoms with E-state index in [1.807, 2.05) is 6.92 Å². The fourth-order valence-corrected chi connectivity index (χ4v) is 2.74. The van der Waals surface area contributed by atoms with E-state index in [4.69, 9.17) is 17.3 Å². The topological polar surface area (TPSA) is 84.2 Å². The summed E-state index contributed by atoms with van der Waals surface area (Å²) >= 11 is 5.96. The number of hydrogen-bond acceptors (Lipinski definition) is 3. The maximum atomic E-state index is 12.3. The molecule has 1 fully saturated rings. The Morgan fingerprint density at radius 1 is 1.36 bits per heavy atom. The summed E-state index contributed by atoms with van der Waals surface area (Å²) in [7, 11) is 0. The maximum absolute atomic E-state index is 12.3. The van der Waals surface area contributed by atoms with Gasteiger partial charge in [-0.2, -0.15) is 0 Å². The predicted molar refractivity (Wildman–Crippen MR) is 90.7 cm³/mol. The fourth-order valence-electron chi connectivity index (χ4n) is 2.56. The van der Waals surface area contributed by atoms with E-state index in [1.165, 1.54) is 0 Å². The first-order chi connectivity index (χ1) is 10.0. The van der Waals surface area contributed by atoms with Gasteiger partial charge in [0.25, 0.3) is 5.91 Å². The molecule has 2 amide bonds. The molecule has 1 aliphatic carbocycles. The highest BCUT2D eigenvalue weighted by atomic mass is 35.5. The molecule has 122 valence electrons. The first-order valence-corrected chi connectivity index (χ1v) is 7.53. The van der Waals surface area contributed by atoms with Crippen molar-refractivity contribution in [3.05, 3.63) is 28.8 Å². The zero-order valence-corrected chi connectivity index (χ0v) is 14.0. The first kappa shape index (κ1) is 18.7. The van der Waals surface area contributed by atoms with Crippen molar-refractivity contribution in [2.75, 3.05) is 11.9 Å². The van der Waals surface area contributed by atoms with Gasteiger partial charge in [0.1, 0.15) is 0 Å². The Hall–Kier alpha value is -1.30. The van der Waals surface area contributed by atoms with Crippen molar-refractivity contribution in [2.24, 2.45) is 11.7 Å². The van der Waals surface area contributed by atoms with Crippen LogP contribution in [-0.2, 0) is 4.79 Å². The van der Waals surface area contributed by atoms with Crippen molar-refractivity contribution < 1.29 is 9.59 Å². The van der Waals surface area contributed by atoms with Gasteiger partial charge in [-0.15, -0.1) is 12.4 Å². The van der Waals surface area contributed by atoms with Crippen LogP contribution in [0.3, 0.4) is 0 Å². The molecule has 22 heavy (non-hydrogen) atoms. The summed E-state index contributed by atoms with van der Waals surface area (Å²) in [5, 5.41) is 6.01. The minimum atomic E-state index is -0.229. The standard InChI is InChI=1S/C15H20ClN3O2.ClH/c1-2-18-15(21)12-6-4-10(16)8-13(12)19-14(20)9-3-5-11(17)7-9;/h4,6,8-9,11H,2-3,5,7,17H2,1H3,(H,18,21)(H,19,20);1H. The minimum absolute atomic E-state index is 0. The Labute approximate surface area is 141 Å². The molecule has 5 nitrogen and oxygen atoms in total. The maximum Gasteiger partial charge on any atom is 0.253 e. The van der Waals surface area contributed by atoms with Crippen molar-refractivity contribution in [3.8, 4) is 0 Å². The monoisotopic (exact) mass is 345 g/mol. The van der Waals surface area contributed by atoms with Gasteiger partial charge in [-0.05, 0) is 44.4 Å². The van der Waals surface area contributed by atoms with Crippen LogP contribution in [0.4, 0.5) is 5.69 Å². The lowest BCUT2D eigenvalue weighted by atomic mass is 10.1. The van der Waals surface area contributed by atoms with E-state index in [-0.39, 0.29) is 36.2 Å². The first-order valence-electron chi connectivity index (χ1n) is 7.15. The van der Waals surface area contributed by atoms with E-state index in [1.54, 1.807) is 18.2 Å². The molecule has 2 unspecified atom stereocenters. The molecule has 0 saturated heterocycles. The minimum Gasteiger partial charge on any atom is -0.352 e. The van der Waals surface area contributed by atoms with Crippen LogP contribution < -0.4 is 16.4 Å². The number of benzene rings is 1. The zero-order chi connectivity index (χ0) is 15.4. The molecule has 1 saturated carbocycles. The molecule has 0 heterocycles. The summed E-state index contributed by atoms with van der Waals surface area (Å²) in [6, 6.07) is 4.93. The fraction of sp³-hybridized carbons (Fsp3) is 0.467. The molecule has 2 rings (SSSR count). The summed E-state index contributed by atoms with van der Waals surface area (Å²) in [5.41, 5.74) is 6.69. The Morgan fingerprint density at radius 2 is 2.09 bits per heavy atom. The average Bonchev–Trinajstić information content (AvgIpc) is 2.86. The zero-order valence-electron chi connectivity index (χ0n) is 12.4. The number of nitrogens with two attached hydrogens (primary N) is 1. The van der Waals surface area contributed by atoms with Gasteiger partial charge in [-0.1, -0.05) is 11.6 Å². The second-order valence-electron chi connectivity index (χ2n) is 5.31. The summed E-state index contributed by atoms with van der Waals surface area (Å²) in [4.78, 5) is 24.3. The van der Waals surface area contributed by atoms with Crippen molar-refractivity contribution in [1.29, 1.82) is 0 Å². The lowest BCUT2D eigenvalue weighted by Gasteiger charge is -2.14. The predicted octanol–water partition coefficient (Wildman–Crippen LogP) is 2.58. The molecule has 0 bridgehead atoms. The van der Waals surface area contributed by atoms with E-state index < -0.39 is 0 Å². The van der Waals surface area contributed by atoms with Crippen LogP contribution in [0.1, 0.15) is 36.5 Å². The van der Waals surface area contributed by atoms with Crippen LogP contribution >= 0.6 is 24.0 Å². The number of rotatable bonds is 4. The summed E-state index contributed by atoms with van der Waals surface area (Å²) in [6.45, 7) is 2.36. The largest absolute Gasteiger partial charge is 0.352 e. The van der Waals surface area contributed by atoms with E-state index in [0.29, 0.717) is 29.2 Å². The lowest BCUT2D eigenvalue weighted by molar-refractivity contribution is -0.119. The number of nitrogens with one attached hydrogen (secondary N) is 2. The lowest BCUT2D eigenvalue weighted by Crippen LogP contribution is -2.27. The molecule has 1 aromatic rings. The van der Waals surface area contributed by atoms with Gasteiger partial charge in [0.15, 0.2) is 0 Å². The number of halogens is 2. The molecule has 1 aliphatic rings. The number of carbonyl (C=O) groups excluding carboxylic acids is 2. The van der Waals surface area contributed by atoms with E-state index in [2.05, 4.69) is 10.6 Å². The Balaban J connectivity index is 0.00000242. The molecule has 2 atom stereocenters. The molecule has 0 aliphatic heterocycles. The summed E-state index contributed by atoms with van der Waals surface area (Å²) < 4.78 is 0. The summed E-state index contributed by atoms with van der Waals surface area (Å²) in [6.07, 6.45) is 2.32. The number of carbonyl (C=O) groups is 2. The summed E-state index contributed by atoms with van der Waals surface area (Å²) in [5.74, 6) is -0.426. The number of hydrogen-bond donors (Lipinski definition) is 3. The molecule has 0 aromatic heterocycles. The Kier molecular flexibility index (Phi) is 7.13. The highest BCUT2D eigenvalue weighted by Crippen LogP contribution is 2.27. The highest BCUT2D eigenvalue weighted by Gasteiger charge is 2.28. The number of amides is 2. The molecule has 0 radical (unpaired) electrons. The van der Waals surface area contributed by atoms with Gasteiger partial charge in [-0.3, -0.25) is 9.59 Å². The van der Waals surface area contributed by atoms with Gasteiger partial charge in [0.05, 0.1) is 11.3 Å². The second kappa shape index (κ2) is 8.36. The smallest absolute Gasteiger partial charge is 0.253 e. The molecule has 1 aromatic carbocycles. The third-order valence-electron chi connectivity index (χ3n) is 3.67. The van der Waals surface area contributed by atoms with Crippen LogP contribution in [0.15, 0.2) is 18.2 Å². The Morgan fingerprint density at radius 3 is 2.68 bits per heavy atom. The van der Waals surface area contributed by atoms with Crippen LogP contribution in [0.25, 0.3) is 0 Å². The second-order valence-corrected chi connectivity index (χ2v) is 5.75. The van der Waals surface area contributed by atoms with E-state index >= 15 is 0 Å². The van der Waals surface area contributed by atoms with Gasteiger partial charge >= 0.3 is 0 Å². The quantitative estimate of drug-likeness (QED) is 0.783. The molecule has 4 N–H and O–H groups in total. The Bertz CT molecular complexity index is 552. The van der Waals surface area contributed by atoms with Crippen molar-refractivity contribution in [2.45, 2.75) is 32.2 Å². The van der Waals surface area contributed by atoms with Gasteiger partial charge in [0.2, 0.25) is 5.91 Å². The van der Waals surface area contributed by atoms with Gasteiger partial charge in [0, 0.05) is 23.5 Å². The molecule has 7 heteroatoms. The normalized spacial score (nSPS) is 20.1. The molecular formula is C15H21Cl2N3O2. The highest BCUT2D eigenvalue weighted by molar-refractivity contribution is 6.31. The van der Waals surface area contributed by atoms with Crippen LogP contribution in [0.2, 0.25) is 5.02 Å². The SMILES string of the molecule is CCNC(=O)c1ccc(Cl)cc1NC(=O)C1CCC(N)C1.Cl. The van der Waals surface area contributed by atoms with Crippen molar-refractivity contribution in [1.82, 2.24) is 5.32 Å². The van der Waals surface area contributed by atoms with Crippen LogP contribution in [0, 0.1) is 5.92 Å². The van der Waals surface area contributed by atoms with E-state index in [0.717, 1.165) is 12.8 Å². The van der Waals surface area contributed by atoms with Crippen LogP contribution in [0.5, 0.6) is 0 Å². The van der Waals surface area contributed by atoms with E-state index in [9.17, 15) is 9.59 Å².